The molecular weight excluding hydrogens is 321 g/mol. The van der Waals surface area contributed by atoms with Gasteiger partial charge in [-0.05, 0) is 17.7 Å². The lowest BCUT2D eigenvalue weighted by atomic mass is 10.1. The van der Waals surface area contributed by atoms with Gasteiger partial charge >= 0.3 is 0 Å². The molecule has 0 atom stereocenters. The Morgan fingerprint density at radius 1 is 1.39 bits per heavy atom. The van der Waals surface area contributed by atoms with Gasteiger partial charge in [-0.1, -0.05) is 17.7 Å². The molecule has 0 aliphatic carbocycles. The molecule has 1 aromatic heterocycles. The highest BCUT2D eigenvalue weighted by Gasteiger charge is 2.14. The maximum absolute atomic E-state index is 14.1. The number of carbonyl (C=O) groups excluding carboxylic acids is 1. The second-order valence-corrected chi connectivity index (χ2v) is 5.28. The molecule has 23 heavy (non-hydrogen) atoms. The van der Waals surface area contributed by atoms with E-state index in [-0.39, 0.29) is 34.5 Å². The minimum Gasteiger partial charge on any atom is -0.453 e. The van der Waals surface area contributed by atoms with Crippen LogP contribution in [-0.4, -0.2) is 29.9 Å². The number of pyridine rings is 1. The molecule has 0 saturated carbocycles. The van der Waals surface area contributed by atoms with Gasteiger partial charge in [0.1, 0.15) is 17.4 Å². The number of amides is 1. The molecular formula is C16H13ClFN3O2. The summed E-state index contributed by atoms with van der Waals surface area (Å²) in [6, 6.07) is 7.51. The molecule has 0 unspecified atom stereocenters. The predicted octanol–water partition coefficient (Wildman–Crippen LogP) is 3.17. The van der Waals surface area contributed by atoms with Crippen LogP contribution in [0.25, 0.3) is 0 Å². The van der Waals surface area contributed by atoms with Gasteiger partial charge < -0.3 is 9.64 Å². The number of nitriles is 1. The monoisotopic (exact) mass is 333 g/mol. The fourth-order valence-corrected chi connectivity index (χ4v) is 1.99. The minimum absolute atomic E-state index is 0.0152. The molecule has 118 valence electrons. The number of benzene rings is 1. The average molecular weight is 334 g/mol. The number of hydrogen-bond acceptors (Lipinski definition) is 4. The predicted molar refractivity (Wildman–Crippen MR) is 82.8 cm³/mol. The normalized spacial score (nSPS) is 10.0. The van der Waals surface area contributed by atoms with Crippen molar-refractivity contribution in [1.29, 1.82) is 5.26 Å². The topological polar surface area (TPSA) is 66.2 Å². The first-order chi connectivity index (χ1) is 10.9. The summed E-state index contributed by atoms with van der Waals surface area (Å²) in [5, 5.41) is 9.04. The van der Waals surface area contributed by atoms with E-state index in [2.05, 4.69) is 4.98 Å². The van der Waals surface area contributed by atoms with Gasteiger partial charge in [-0.25, -0.2) is 9.37 Å². The summed E-state index contributed by atoms with van der Waals surface area (Å²) in [6.07, 6.45) is 1.45. The number of carbonyl (C=O) groups is 1. The van der Waals surface area contributed by atoms with Crippen LogP contribution in [-0.2, 0) is 11.2 Å². The van der Waals surface area contributed by atoms with Crippen molar-refractivity contribution in [3.8, 4) is 17.6 Å². The largest absolute Gasteiger partial charge is 0.453 e. The van der Waals surface area contributed by atoms with Crippen LogP contribution in [0.3, 0.4) is 0 Å². The average Bonchev–Trinajstić information content (AvgIpc) is 2.50. The fraction of sp³-hybridized carbons (Fsp3) is 0.188. The van der Waals surface area contributed by atoms with Crippen LogP contribution in [0.4, 0.5) is 4.39 Å². The van der Waals surface area contributed by atoms with Gasteiger partial charge in [0.05, 0.1) is 6.42 Å². The summed E-state index contributed by atoms with van der Waals surface area (Å²) < 4.78 is 19.5. The smallest absolute Gasteiger partial charge is 0.226 e. The van der Waals surface area contributed by atoms with Gasteiger partial charge in [-0.3, -0.25) is 4.79 Å². The van der Waals surface area contributed by atoms with Crippen LogP contribution < -0.4 is 4.74 Å². The molecule has 0 aliphatic rings. The van der Waals surface area contributed by atoms with Crippen molar-refractivity contribution in [3.63, 3.8) is 0 Å². The zero-order valence-electron chi connectivity index (χ0n) is 12.5. The summed E-state index contributed by atoms with van der Waals surface area (Å²) in [5.41, 5.74) is 0.558. The van der Waals surface area contributed by atoms with Gasteiger partial charge in [0, 0.05) is 26.4 Å². The van der Waals surface area contributed by atoms with Crippen molar-refractivity contribution in [3.05, 3.63) is 52.6 Å². The van der Waals surface area contributed by atoms with E-state index >= 15 is 0 Å². The molecule has 0 saturated heterocycles. The molecule has 7 heteroatoms. The minimum atomic E-state index is -0.633. The maximum atomic E-state index is 14.1. The van der Waals surface area contributed by atoms with Crippen LogP contribution in [0, 0.1) is 17.1 Å². The van der Waals surface area contributed by atoms with Crippen LogP contribution in [0.5, 0.6) is 11.5 Å². The zero-order valence-corrected chi connectivity index (χ0v) is 13.3. The Bertz CT molecular complexity index is 787. The van der Waals surface area contributed by atoms with E-state index in [1.54, 1.807) is 20.2 Å². The molecule has 0 N–H and O–H groups in total. The highest BCUT2D eigenvalue weighted by Crippen LogP contribution is 2.30. The van der Waals surface area contributed by atoms with E-state index in [9.17, 15) is 9.18 Å². The summed E-state index contributed by atoms with van der Waals surface area (Å²) >= 11 is 5.80. The van der Waals surface area contributed by atoms with Gasteiger partial charge in [-0.2, -0.15) is 5.26 Å². The first kappa shape index (κ1) is 16.7. The molecule has 2 aromatic rings. The number of ether oxygens (including phenoxy) is 1. The maximum Gasteiger partial charge on any atom is 0.226 e. The van der Waals surface area contributed by atoms with Crippen molar-refractivity contribution in [2.24, 2.45) is 0 Å². The van der Waals surface area contributed by atoms with Crippen molar-refractivity contribution in [2.45, 2.75) is 6.42 Å². The molecule has 0 radical (unpaired) electrons. The van der Waals surface area contributed by atoms with Crippen molar-refractivity contribution < 1.29 is 13.9 Å². The van der Waals surface area contributed by atoms with Crippen molar-refractivity contribution >= 4 is 17.5 Å². The van der Waals surface area contributed by atoms with Gasteiger partial charge in [0.2, 0.25) is 5.91 Å². The summed E-state index contributed by atoms with van der Waals surface area (Å²) in [7, 11) is 3.26. The van der Waals surface area contributed by atoms with Crippen molar-refractivity contribution in [1.82, 2.24) is 9.88 Å². The summed E-state index contributed by atoms with van der Waals surface area (Å²) in [5.74, 6) is -0.718. The lowest BCUT2D eigenvalue weighted by molar-refractivity contribution is -0.127. The van der Waals surface area contributed by atoms with Crippen LogP contribution in [0.2, 0.25) is 5.15 Å². The van der Waals surface area contributed by atoms with E-state index in [4.69, 9.17) is 21.6 Å². The third-order valence-electron chi connectivity index (χ3n) is 3.05. The number of halogens is 2. The third-order valence-corrected chi connectivity index (χ3v) is 3.34. The number of aromatic nitrogens is 1. The Kier molecular flexibility index (Phi) is 5.14. The molecule has 1 aromatic carbocycles. The molecule has 0 aliphatic heterocycles. The molecule has 1 amide bonds. The quantitative estimate of drug-likeness (QED) is 0.806. The van der Waals surface area contributed by atoms with Gasteiger partial charge in [0.15, 0.2) is 16.7 Å². The molecule has 0 spiro atoms. The van der Waals surface area contributed by atoms with Crippen LogP contribution in [0.1, 0.15) is 11.1 Å². The molecule has 0 fully saturated rings. The molecule has 2 rings (SSSR count). The second-order valence-electron chi connectivity index (χ2n) is 4.92. The van der Waals surface area contributed by atoms with E-state index < -0.39 is 5.82 Å². The number of hydrogen-bond donors (Lipinski definition) is 0. The number of rotatable bonds is 4. The van der Waals surface area contributed by atoms with E-state index in [1.807, 2.05) is 6.07 Å². The fourth-order valence-electron chi connectivity index (χ4n) is 1.79. The number of likely N-dealkylation sites (N-methyl/N-ethyl adjacent to an activating group) is 1. The lowest BCUT2D eigenvalue weighted by Gasteiger charge is -2.12. The molecule has 5 nitrogen and oxygen atoms in total. The van der Waals surface area contributed by atoms with Crippen LogP contribution >= 0.6 is 11.6 Å². The highest BCUT2D eigenvalue weighted by atomic mass is 35.5. The molecule has 1 heterocycles. The second kappa shape index (κ2) is 7.07. The lowest BCUT2D eigenvalue weighted by Crippen LogP contribution is -2.23. The van der Waals surface area contributed by atoms with E-state index in [1.165, 1.54) is 29.3 Å². The standard InChI is InChI=1S/C16H13ClFN3O2/c1-21(2)15(22)8-10-3-4-14(12(18)7-10)23-13-5-6-20-16(17)11(13)9-19/h3-7H,8H2,1-2H3. The van der Waals surface area contributed by atoms with Crippen LogP contribution in [0.15, 0.2) is 30.5 Å². The zero-order chi connectivity index (χ0) is 17.0. The van der Waals surface area contributed by atoms with E-state index in [0.717, 1.165) is 0 Å². The first-order valence-corrected chi connectivity index (χ1v) is 7.01. The molecule has 0 bridgehead atoms. The Morgan fingerprint density at radius 2 is 2.13 bits per heavy atom. The Hall–Kier alpha value is -2.65. The highest BCUT2D eigenvalue weighted by molar-refractivity contribution is 6.30. The van der Waals surface area contributed by atoms with E-state index in [0.29, 0.717) is 5.56 Å². The Morgan fingerprint density at radius 3 is 2.74 bits per heavy atom. The first-order valence-electron chi connectivity index (χ1n) is 6.63. The van der Waals surface area contributed by atoms with Gasteiger partial charge in [-0.15, -0.1) is 0 Å². The Labute approximate surface area is 137 Å². The third kappa shape index (κ3) is 3.96. The Balaban J connectivity index is 2.24. The summed E-state index contributed by atoms with van der Waals surface area (Å²) in [6.45, 7) is 0. The SMILES string of the molecule is CN(C)C(=O)Cc1ccc(Oc2ccnc(Cl)c2C#N)c(F)c1. The number of nitrogens with zero attached hydrogens (tertiary/aromatic N) is 3. The van der Waals surface area contributed by atoms with Gasteiger partial charge in [0.25, 0.3) is 0 Å². The summed E-state index contributed by atoms with van der Waals surface area (Å²) in [4.78, 5) is 16.8. The van der Waals surface area contributed by atoms with Crippen molar-refractivity contribution in [2.75, 3.05) is 14.1 Å².